The first kappa shape index (κ1) is 13.0. The lowest BCUT2D eigenvalue weighted by molar-refractivity contribution is -0.144. The fourth-order valence-electron chi connectivity index (χ4n) is 4.07. The monoisotopic (exact) mass is 261 g/mol. The van der Waals surface area contributed by atoms with Gasteiger partial charge in [0.15, 0.2) is 0 Å². The summed E-state index contributed by atoms with van der Waals surface area (Å²) < 4.78 is 6.12. The van der Waals surface area contributed by atoms with Crippen molar-refractivity contribution in [3.8, 4) is 0 Å². The van der Waals surface area contributed by atoms with E-state index in [0.29, 0.717) is 18.4 Å². The topological polar surface area (TPSA) is 60.2 Å². The summed E-state index contributed by atoms with van der Waals surface area (Å²) >= 11 is 0. The van der Waals surface area contributed by atoms with Gasteiger partial charge in [-0.1, -0.05) is 6.42 Å². The van der Waals surface area contributed by atoms with Crippen LogP contribution in [0.4, 0.5) is 0 Å². The zero-order chi connectivity index (χ0) is 13.3. The zero-order valence-electron chi connectivity index (χ0n) is 11.6. The van der Waals surface area contributed by atoms with Gasteiger partial charge in [-0.2, -0.15) is 0 Å². The number of nitrogens with zero attached hydrogens (tertiary/aromatic N) is 1. The molecule has 2 aliphatic rings. The van der Waals surface area contributed by atoms with Crippen molar-refractivity contribution in [1.82, 2.24) is 10.3 Å². The number of hydrogen-bond acceptors (Lipinski definition) is 4. The largest absolute Gasteiger partial charge is 0.373 e. The van der Waals surface area contributed by atoms with E-state index in [4.69, 9.17) is 10.5 Å². The lowest BCUT2D eigenvalue weighted by Crippen LogP contribution is -2.57. The molecule has 2 fully saturated rings. The van der Waals surface area contributed by atoms with Crippen molar-refractivity contribution in [2.24, 2.45) is 17.6 Å². The van der Waals surface area contributed by atoms with Crippen LogP contribution in [0, 0.1) is 11.8 Å². The highest BCUT2D eigenvalue weighted by Crippen LogP contribution is 2.49. The molecular formula is C15H23N3O. The summed E-state index contributed by atoms with van der Waals surface area (Å²) in [6.45, 7) is 2.58. The molecule has 4 nitrogen and oxygen atoms in total. The first-order valence-electron chi connectivity index (χ1n) is 7.22. The van der Waals surface area contributed by atoms with Gasteiger partial charge in [-0.25, -0.2) is 0 Å². The maximum Gasteiger partial charge on any atom is 0.101 e. The van der Waals surface area contributed by atoms with Gasteiger partial charge in [0.2, 0.25) is 0 Å². The summed E-state index contributed by atoms with van der Waals surface area (Å²) in [4.78, 5) is 4.32. The molecule has 1 aromatic heterocycles. The van der Waals surface area contributed by atoms with E-state index >= 15 is 0 Å². The Kier molecular flexibility index (Phi) is 3.56. The summed E-state index contributed by atoms with van der Waals surface area (Å²) in [5, 5.41) is 3.55. The van der Waals surface area contributed by atoms with Gasteiger partial charge < -0.3 is 15.8 Å². The van der Waals surface area contributed by atoms with Crippen LogP contribution in [0.5, 0.6) is 0 Å². The summed E-state index contributed by atoms with van der Waals surface area (Å²) in [5.41, 5.74) is 7.81. The summed E-state index contributed by atoms with van der Waals surface area (Å²) in [6, 6.07) is 4.25. The first-order chi connectivity index (χ1) is 9.31. The minimum atomic E-state index is -0.142. The van der Waals surface area contributed by atoms with Gasteiger partial charge in [-0.15, -0.1) is 0 Å². The Bertz CT molecular complexity index is 427. The highest BCUT2D eigenvalue weighted by atomic mass is 16.5. The van der Waals surface area contributed by atoms with Crippen LogP contribution in [0.1, 0.15) is 30.5 Å². The number of nitrogens with two attached hydrogens (primary N) is 1. The van der Waals surface area contributed by atoms with Crippen LogP contribution >= 0.6 is 0 Å². The molecule has 3 rings (SSSR count). The van der Waals surface area contributed by atoms with Crippen molar-refractivity contribution in [2.45, 2.75) is 31.4 Å². The predicted octanol–water partition coefficient (Wildman–Crippen LogP) is 1.40. The third-order valence-electron chi connectivity index (χ3n) is 4.91. The zero-order valence-corrected chi connectivity index (χ0v) is 11.6. The second-order valence-corrected chi connectivity index (χ2v) is 5.72. The van der Waals surface area contributed by atoms with E-state index < -0.39 is 0 Å². The second-order valence-electron chi connectivity index (χ2n) is 5.72. The lowest BCUT2D eigenvalue weighted by Gasteiger charge is -2.52. The van der Waals surface area contributed by atoms with Gasteiger partial charge in [0.1, 0.15) is 5.60 Å². The molecule has 1 saturated heterocycles. The maximum absolute atomic E-state index is 6.12. The van der Waals surface area contributed by atoms with E-state index in [0.717, 1.165) is 18.8 Å². The van der Waals surface area contributed by atoms with Gasteiger partial charge in [0.05, 0.1) is 5.69 Å². The van der Waals surface area contributed by atoms with Gasteiger partial charge >= 0.3 is 0 Å². The summed E-state index contributed by atoms with van der Waals surface area (Å²) in [5.74, 6) is 1.11. The molecule has 3 N–H and O–H groups in total. The molecule has 1 saturated carbocycles. The van der Waals surface area contributed by atoms with Gasteiger partial charge in [-0.05, 0) is 30.5 Å². The van der Waals surface area contributed by atoms with Crippen LogP contribution in [0.2, 0.25) is 0 Å². The Morgan fingerprint density at radius 2 is 2.16 bits per heavy atom. The van der Waals surface area contributed by atoms with Crippen molar-refractivity contribution < 1.29 is 4.74 Å². The minimum Gasteiger partial charge on any atom is -0.373 e. The predicted molar refractivity (Wildman–Crippen MR) is 74.5 cm³/mol. The minimum absolute atomic E-state index is 0.142. The normalized spacial score (nSPS) is 34.2. The van der Waals surface area contributed by atoms with Crippen molar-refractivity contribution in [3.05, 3.63) is 29.6 Å². The van der Waals surface area contributed by atoms with E-state index in [2.05, 4.69) is 22.4 Å². The quantitative estimate of drug-likeness (QED) is 0.863. The van der Waals surface area contributed by atoms with Crippen molar-refractivity contribution >= 4 is 0 Å². The van der Waals surface area contributed by atoms with Crippen molar-refractivity contribution in [3.63, 3.8) is 0 Å². The summed E-state index contributed by atoms with van der Waals surface area (Å²) in [7, 11) is 1.86. The fourth-order valence-corrected chi connectivity index (χ4v) is 4.07. The van der Waals surface area contributed by atoms with Crippen LogP contribution in [0.25, 0.3) is 0 Å². The van der Waals surface area contributed by atoms with E-state index in [9.17, 15) is 0 Å². The average Bonchev–Trinajstić information content (AvgIpc) is 2.46. The number of ether oxygens (including phenoxy) is 1. The summed E-state index contributed by atoms with van der Waals surface area (Å²) in [6.07, 6.45) is 5.66. The number of nitrogens with one attached hydrogen (secondary N) is 1. The SMILES string of the molecule is COC1(c2ccnc(CN)c2)C2CCCC1CNC2. The van der Waals surface area contributed by atoms with E-state index in [-0.39, 0.29) is 5.60 Å². The molecule has 0 spiro atoms. The molecule has 2 atom stereocenters. The molecule has 1 aliphatic carbocycles. The first-order valence-corrected chi connectivity index (χ1v) is 7.22. The Morgan fingerprint density at radius 1 is 1.42 bits per heavy atom. The molecule has 0 radical (unpaired) electrons. The Hall–Kier alpha value is -0.970. The van der Waals surface area contributed by atoms with Gasteiger partial charge in [0, 0.05) is 44.8 Å². The molecule has 1 aliphatic heterocycles. The van der Waals surface area contributed by atoms with E-state index in [1.54, 1.807) is 0 Å². The molecule has 2 heterocycles. The number of pyridine rings is 1. The van der Waals surface area contributed by atoms with Gasteiger partial charge in [-0.3, -0.25) is 4.98 Å². The molecule has 104 valence electrons. The molecule has 0 amide bonds. The number of aromatic nitrogens is 1. The average molecular weight is 261 g/mol. The standard InChI is InChI=1S/C15H23N3O/c1-19-15(11-5-6-18-14(7-11)8-16)12-3-2-4-13(15)10-17-9-12/h5-7,12-13,17H,2-4,8-10,16H2,1H3. The van der Waals surface area contributed by atoms with E-state index in [1.165, 1.54) is 24.8 Å². The number of hydrogen-bond donors (Lipinski definition) is 2. The van der Waals surface area contributed by atoms with Crippen LogP contribution in [0.3, 0.4) is 0 Å². The third kappa shape index (κ3) is 1.98. The molecule has 4 heteroatoms. The van der Waals surface area contributed by atoms with Crippen LogP contribution in [-0.4, -0.2) is 25.2 Å². The number of rotatable bonds is 3. The maximum atomic E-state index is 6.12. The van der Waals surface area contributed by atoms with Gasteiger partial charge in [0.25, 0.3) is 0 Å². The Morgan fingerprint density at radius 3 is 2.79 bits per heavy atom. The molecule has 19 heavy (non-hydrogen) atoms. The van der Waals surface area contributed by atoms with Crippen molar-refractivity contribution in [2.75, 3.05) is 20.2 Å². The highest BCUT2D eigenvalue weighted by Gasteiger charge is 2.51. The Balaban J connectivity index is 2.05. The van der Waals surface area contributed by atoms with Crippen molar-refractivity contribution in [1.29, 1.82) is 0 Å². The molecule has 2 bridgehead atoms. The van der Waals surface area contributed by atoms with E-state index in [1.807, 2.05) is 13.3 Å². The number of piperidine rings is 1. The van der Waals surface area contributed by atoms with Crippen LogP contribution in [-0.2, 0) is 16.9 Å². The second kappa shape index (κ2) is 5.19. The smallest absolute Gasteiger partial charge is 0.101 e. The number of fused-ring (bicyclic) bond motifs is 2. The fraction of sp³-hybridized carbons (Fsp3) is 0.667. The van der Waals surface area contributed by atoms with Crippen LogP contribution < -0.4 is 11.1 Å². The molecule has 2 unspecified atom stereocenters. The van der Waals surface area contributed by atoms with Crippen LogP contribution in [0.15, 0.2) is 18.3 Å². The Labute approximate surface area is 114 Å². The lowest BCUT2D eigenvalue weighted by atomic mass is 9.63. The molecule has 1 aromatic rings. The molecule has 0 aromatic carbocycles. The number of methoxy groups -OCH3 is 1. The molecular weight excluding hydrogens is 238 g/mol. The highest BCUT2D eigenvalue weighted by molar-refractivity contribution is 5.28. The third-order valence-corrected chi connectivity index (χ3v) is 4.91.